The molecular formula is C13H24N2O2. The molecule has 0 aromatic heterocycles. The van der Waals surface area contributed by atoms with Gasteiger partial charge >= 0.3 is 0 Å². The average molecular weight is 240 g/mol. The van der Waals surface area contributed by atoms with E-state index in [1.807, 2.05) is 0 Å². The lowest BCUT2D eigenvalue weighted by atomic mass is 9.87. The Balaban J connectivity index is 2.01. The normalized spacial score (nSPS) is 29.5. The van der Waals surface area contributed by atoms with Crippen LogP contribution in [0.4, 0.5) is 0 Å². The van der Waals surface area contributed by atoms with Crippen LogP contribution in [0.3, 0.4) is 0 Å². The summed E-state index contributed by atoms with van der Waals surface area (Å²) in [6.45, 7) is 1.57. The van der Waals surface area contributed by atoms with E-state index in [1.54, 1.807) is 0 Å². The second-order valence-corrected chi connectivity index (χ2v) is 5.42. The summed E-state index contributed by atoms with van der Waals surface area (Å²) in [6.07, 6.45) is 8.59. The number of hydrogen-bond acceptors (Lipinski definition) is 3. The predicted octanol–water partition coefficient (Wildman–Crippen LogP) is 1.33. The van der Waals surface area contributed by atoms with E-state index < -0.39 is 5.54 Å². The first-order valence-electron chi connectivity index (χ1n) is 6.88. The van der Waals surface area contributed by atoms with Gasteiger partial charge in [-0.05, 0) is 25.7 Å². The van der Waals surface area contributed by atoms with E-state index in [2.05, 4.69) is 5.32 Å². The van der Waals surface area contributed by atoms with E-state index in [4.69, 9.17) is 10.5 Å². The van der Waals surface area contributed by atoms with Crippen LogP contribution in [0.5, 0.6) is 0 Å². The largest absolute Gasteiger partial charge is 0.380 e. The molecule has 0 spiro atoms. The maximum absolute atomic E-state index is 11.8. The maximum Gasteiger partial charge on any atom is 0.237 e. The van der Waals surface area contributed by atoms with Gasteiger partial charge in [-0.1, -0.05) is 25.7 Å². The number of hydrogen-bond donors (Lipinski definition) is 2. The Hall–Kier alpha value is -0.610. The minimum Gasteiger partial charge on any atom is -0.380 e. The highest BCUT2D eigenvalue weighted by Gasteiger charge is 2.38. The Morgan fingerprint density at radius 3 is 2.41 bits per heavy atom. The summed E-state index contributed by atoms with van der Waals surface area (Å²) in [5.41, 5.74) is 5.18. The SMILES string of the molecule is NC(=O)C1(N[C@@H]2CCCOC2)CCCCCC1. The van der Waals surface area contributed by atoms with E-state index in [-0.39, 0.29) is 5.91 Å². The Bertz CT molecular complexity index is 254. The first kappa shape index (κ1) is 12.8. The van der Waals surface area contributed by atoms with Crippen LogP contribution in [-0.2, 0) is 9.53 Å². The lowest BCUT2D eigenvalue weighted by Gasteiger charge is -2.36. The van der Waals surface area contributed by atoms with Crippen LogP contribution in [0.25, 0.3) is 0 Å². The molecule has 1 amide bonds. The van der Waals surface area contributed by atoms with E-state index >= 15 is 0 Å². The zero-order valence-electron chi connectivity index (χ0n) is 10.5. The van der Waals surface area contributed by atoms with Crippen molar-refractivity contribution in [1.82, 2.24) is 5.32 Å². The second-order valence-electron chi connectivity index (χ2n) is 5.42. The summed E-state index contributed by atoms with van der Waals surface area (Å²) >= 11 is 0. The van der Waals surface area contributed by atoms with E-state index in [0.717, 1.165) is 51.7 Å². The van der Waals surface area contributed by atoms with Crippen molar-refractivity contribution in [2.24, 2.45) is 5.73 Å². The Labute approximate surface area is 103 Å². The summed E-state index contributed by atoms with van der Waals surface area (Å²) in [7, 11) is 0. The molecule has 4 heteroatoms. The third-order valence-electron chi connectivity index (χ3n) is 4.07. The molecule has 4 nitrogen and oxygen atoms in total. The molecule has 0 radical (unpaired) electrons. The predicted molar refractivity (Wildman–Crippen MR) is 66.6 cm³/mol. The molecule has 0 aromatic carbocycles. The highest BCUT2D eigenvalue weighted by atomic mass is 16.5. The molecule has 2 fully saturated rings. The van der Waals surface area contributed by atoms with Gasteiger partial charge < -0.3 is 10.5 Å². The standard InChI is InChI=1S/C13H24N2O2/c14-12(16)13(7-3-1-2-4-8-13)15-11-6-5-9-17-10-11/h11,15H,1-10H2,(H2,14,16)/t11-/m1/s1. The summed E-state index contributed by atoms with van der Waals surface area (Å²) in [4.78, 5) is 11.8. The highest BCUT2D eigenvalue weighted by Crippen LogP contribution is 2.28. The van der Waals surface area contributed by atoms with Gasteiger partial charge in [0.25, 0.3) is 0 Å². The first-order valence-corrected chi connectivity index (χ1v) is 6.88. The van der Waals surface area contributed by atoms with Gasteiger partial charge in [0.05, 0.1) is 12.1 Å². The van der Waals surface area contributed by atoms with Gasteiger partial charge in [-0.15, -0.1) is 0 Å². The van der Waals surface area contributed by atoms with Gasteiger partial charge in [0.15, 0.2) is 0 Å². The molecule has 0 aromatic rings. The topological polar surface area (TPSA) is 64.4 Å². The molecule has 0 bridgehead atoms. The van der Waals surface area contributed by atoms with Crippen LogP contribution in [0.15, 0.2) is 0 Å². The van der Waals surface area contributed by atoms with Gasteiger partial charge in [-0.25, -0.2) is 0 Å². The molecule has 17 heavy (non-hydrogen) atoms. The van der Waals surface area contributed by atoms with Crippen LogP contribution in [0, 0.1) is 0 Å². The highest BCUT2D eigenvalue weighted by molar-refractivity contribution is 5.84. The van der Waals surface area contributed by atoms with Crippen molar-refractivity contribution >= 4 is 5.91 Å². The molecule has 2 aliphatic rings. The van der Waals surface area contributed by atoms with Crippen molar-refractivity contribution in [3.63, 3.8) is 0 Å². The lowest BCUT2D eigenvalue weighted by Crippen LogP contribution is -2.59. The Morgan fingerprint density at radius 2 is 1.88 bits per heavy atom. The van der Waals surface area contributed by atoms with E-state index in [1.165, 1.54) is 12.8 Å². The minimum atomic E-state index is -0.470. The molecule has 3 N–H and O–H groups in total. The van der Waals surface area contributed by atoms with Gasteiger partial charge in [0.1, 0.15) is 0 Å². The van der Waals surface area contributed by atoms with Gasteiger partial charge in [-0.3, -0.25) is 10.1 Å². The molecule has 1 aliphatic heterocycles. The number of nitrogens with one attached hydrogen (secondary N) is 1. The van der Waals surface area contributed by atoms with Crippen LogP contribution in [0.1, 0.15) is 51.4 Å². The van der Waals surface area contributed by atoms with Crippen molar-refractivity contribution in [1.29, 1.82) is 0 Å². The van der Waals surface area contributed by atoms with E-state index in [9.17, 15) is 4.79 Å². The van der Waals surface area contributed by atoms with Crippen molar-refractivity contribution in [3.05, 3.63) is 0 Å². The Morgan fingerprint density at radius 1 is 1.18 bits per heavy atom. The lowest BCUT2D eigenvalue weighted by molar-refractivity contribution is -0.125. The van der Waals surface area contributed by atoms with Gasteiger partial charge in [-0.2, -0.15) is 0 Å². The number of rotatable bonds is 3. The smallest absolute Gasteiger partial charge is 0.237 e. The third-order valence-corrected chi connectivity index (χ3v) is 4.07. The summed E-state index contributed by atoms with van der Waals surface area (Å²) in [6, 6.07) is 0.300. The molecule has 2 rings (SSSR count). The summed E-state index contributed by atoms with van der Waals surface area (Å²) in [5, 5.41) is 3.51. The number of primary amides is 1. The fourth-order valence-corrected chi connectivity index (χ4v) is 3.04. The maximum atomic E-state index is 11.8. The fraction of sp³-hybridized carbons (Fsp3) is 0.923. The van der Waals surface area contributed by atoms with Gasteiger partial charge in [0.2, 0.25) is 5.91 Å². The van der Waals surface area contributed by atoms with Gasteiger partial charge in [0, 0.05) is 12.6 Å². The Kier molecular flexibility index (Phi) is 4.40. The van der Waals surface area contributed by atoms with Crippen LogP contribution in [-0.4, -0.2) is 30.7 Å². The molecule has 1 saturated carbocycles. The number of amides is 1. The second kappa shape index (κ2) is 5.83. The molecular weight excluding hydrogens is 216 g/mol. The molecule has 1 aliphatic carbocycles. The fourth-order valence-electron chi connectivity index (χ4n) is 3.04. The summed E-state index contributed by atoms with van der Waals surface area (Å²) in [5.74, 6) is -0.176. The third kappa shape index (κ3) is 3.19. The molecule has 98 valence electrons. The quantitative estimate of drug-likeness (QED) is 0.732. The first-order chi connectivity index (χ1) is 8.23. The van der Waals surface area contributed by atoms with Crippen molar-refractivity contribution < 1.29 is 9.53 Å². The number of ether oxygens (including phenoxy) is 1. The minimum absolute atomic E-state index is 0.176. The number of nitrogens with two attached hydrogens (primary N) is 1. The van der Waals surface area contributed by atoms with Crippen LogP contribution < -0.4 is 11.1 Å². The van der Waals surface area contributed by atoms with Crippen LogP contribution >= 0.6 is 0 Å². The monoisotopic (exact) mass is 240 g/mol. The molecule has 1 saturated heterocycles. The van der Waals surface area contributed by atoms with E-state index in [0.29, 0.717) is 6.04 Å². The van der Waals surface area contributed by atoms with Crippen molar-refractivity contribution in [3.8, 4) is 0 Å². The molecule has 1 heterocycles. The van der Waals surface area contributed by atoms with Crippen LogP contribution in [0.2, 0.25) is 0 Å². The zero-order chi connectivity index (χ0) is 12.1. The van der Waals surface area contributed by atoms with Crippen molar-refractivity contribution in [2.45, 2.75) is 62.9 Å². The zero-order valence-corrected chi connectivity index (χ0v) is 10.5. The number of carbonyl (C=O) groups is 1. The number of carbonyl (C=O) groups excluding carboxylic acids is 1. The van der Waals surface area contributed by atoms with Crippen molar-refractivity contribution in [2.75, 3.05) is 13.2 Å². The molecule has 0 unspecified atom stereocenters. The summed E-state index contributed by atoms with van der Waals surface area (Å²) < 4.78 is 5.46. The molecule has 1 atom stereocenters. The average Bonchev–Trinajstić information content (AvgIpc) is 2.57.